The van der Waals surface area contributed by atoms with Crippen molar-refractivity contribution in [2.75, 3.05) is 12.3 Å². The van der Waals surface area contributed by atoms with Gasteiger partial charge in [-0.2, -0.15) is 5.10 Å². The lowest BCUT2D eigenvalue weighted by molar-refractivity contribution is 0.621. The molecule has 1 atom stereocenters. The normalized spacial score (nSPS) is 22.6. The van der Waals surface area contributed by atoms with Crippen molar-refractivity contribution in [2.24, 2.45) is 4.99 Å². The molecule has 0 bridgehead atoms. The summed E-state index contributed by atoms with van der Waals surface area (Å²) in [6, 6.07) is 0.607. The summed E-state index contributed by atoms with van der Waals surface area (Å²) in [4.78, 5) is 4.53. The zero-order chi connectivity index (χ0) is 11.4. The minimum absolute atomic E-state index is 0.607. The van der Waals surface area contributed by atoms with E-state index in [-0.39, 0.29) is 0 Å². The fourth-order valence-electron chi connectivity index (χ4n) is 1.59. The lowest BCUT2D eigenvalue weighted by Crippen LogP contribution is -2.26. The Hall–Kier alpha value is -0.970. The molecule has 1 fully saturated rings. The molecule has 4 nitrogen and oxygen atoms in total. The monoisotopic (exact) mass is 238 g/mol. The fourth-order valence-corrected chi connectivity index (χ4v) is 2.70. The Morgan fingerprint density at radius 1 is 1.69 bits per heavy atom. The summed E-state index contributed by atoms with van der Waals surface area (Å²) in [5, 5.41) is 8.74. The number of hydrogen-bond donors (Lipinski definition) is 1. The highest BCUT2D eigenvalue weighted by molar-refractivity contribution is 8.14. The van der Waals surface area contributed by atoms with Crippen LogP contribution in [0.15, 0.2) is 17.4 Å². The van der Waals surface area contributed by atoms with Crippen LogP contribution in [0.1, 0.15) is 18.9 Å². The number of hydrogen-bond acceptors (Lipinski definition) is 3. The van der Waals surface area contributed by atoms with Crippen LogP contribution >= 0.6 is 11.8 Å². The molecule has 1 aromatic heterocycles. The highest BCUT2D eigenvalue weighted by atomic mass is 32.2. The van der Waals surface area contributed by atoms with E-state index in [0.29, 0.717) is 6.04 Å². The number of thioether (sulfide) groups is 1. The first kappa shape index (κ1) is 11.5. The molecular weight excluding hydrogens is 220 g/mol. The van der Waals surface area contributed by atoms with Crippen LogP contribution in [0.4, 0.5) is 0 Å². The molecule has 5 heteroatoms. The number of rotatable bonds is 4. The Morgan fingerprint density at radius 2 is 2.56 bits per heavy atom. The van der Waals surface area contributed by atoms with Gasteiger partial charge in [0.1, 0.15) is 0 Å². The van der Waals surface area contributed by atoms with Crippen LogP contribution in [0.5, 0.6) is 0 Å². The average molecular weight is 238 g/mol. The van der Waals surface area contributed by atoms with Gasteiger partial charge in [-0.1, -0.05) is 18.7 Å². The smallest absolute Gasteiger partial charge is 0.156 e. The topological polar surface area (TPSA) is 42.2 Å². The van der Waals surface area contributed by atoms with Crippen molar-refractivity contribution in [1.82, 2.24) is 15.1 Å². The van der Waals surface area contributed by atoms with Gasteiger partial charge < -0.3 is 5.32 Å². The van der Waals surface area contributed by atoms with Crippen molar-refractivity contribution in [3.63, 3.8) is 0 Å². The molecule has 16 heavy (non-hydrogen) atoms. The van der Waals surface area contributed by atoms with Crippen LogP contribution in [-0.4, -0.2) is 33.3 Å². The summed E-state index contributed by atoms with van der Waals surface area (Å²) in [6.45, 7) is 5.91. The predicted molar refractivity (Wildman–Crippen MR) is 68.9 cm³/mol. The van der Waals surface area contributed by atoms with E-state index in [1.807, 2.05) is 28.8 Å². The molecule has 0 amide bonds. The van der Waals surface area contributed by atoms with E-state index in [1.54, 1.807) is 0 Å². The van der Waals surface area contributed by atoms with E-state index in [1.165, 1.54) is 12.0 Å². The van der Waals surface area contributed by atoms with E-state index in [9.17, 15) is 0 Å². The number of nitrogens with zero attached hydrogens (tertiary/aromatic N) is 3. The molecule has 0 aromatic carbocycles. The van der Waals surface area contributed by atoms with Gasteiger partial charge in [-0.05, 0) is 18.9 Å². The Morgan fingerprint density at radius 3 is 3.19 bits per heavy atom. The standard InChI is InChI=1S/C11H18N4S/c1-3-10-8-16-11(14-10)12-4-5-15-7-9(2)6-13-15/h6-7,10H,3-5,8H2,1-2H3,(H,12,14). The van der Waals surface area contributed by atoms with Crippen molar-refractivity contribution in [2.45, 2.75) is 32.9 Å². The third kappa shape index (κ3) is 3.01. The second-order valence-corrected chi connectivity index (χ2v) is 5.04. The molecule has 1 aromatic rings. The predicted octanol–water partition coefficient (Wildman–Crippen LogP) is 1.66. The fraction of sp³-hybridized carbons (Fsp3) is 0.636. The summed E-state index contributed by atoms with van der Waals surface area (Å²) in [5.41, 5.74) is 1.20. The largest absolute Gasteiger partial charge is 0.361 e. The Kier molecular flexibility index (Phi) is 3.88. The molecule has 1 N–H and O–H groups in total. The number of aryl methyl sites for hydroxylation is 1. The molecule has 0 radical (unpaired) electrons. The summed E-state index contributed by atoms with van der Waals surface area (Å²) in [5.74, 6) is 1.15. The Labute approximate surface area is 101 Å². The van der Waals surface area contributed by atoms with Crippen molar-refractivity contribution in [3.05, 3.63) is 18.0 Å². The van der Waals surface area contributed by atoms with Gasteiger partial charge in [-0.15, -0.1) is 0 Å². The van der Waals surface area contributed by atoms with Gasteiger partial charge in [0.05, 0.1) is 19.3 Å². The van der Waals surface area contributed by atoms with Crippen LogP contribution in [0.3, 0.4) is 0 Å². The third-order valence-electron chi connectivity index (χ3n) is 2.59. The zero-order valence-electron chi connectivity index (χ0n) is 9.81. The first-order valence-electron chi connectivity index (χ1n) is 5.70. The lowest BCUT2D eigenvalue weighted by Gasteiger charge is -2.04. The van der Waals surface area contributed by atoms with Crippen LogP contribution in [0.2, 0.25) is 0 Å². The Bertz CT molecular complexity index is 372. The molecule has 1 aliphatic heterocycles. The molecule has 1 unspecified atom stereocenters. The molecule has 0 saturated carbocycles. The van der Waals surface area contributed by atoms with Crippen molar-refractivity contribution in [1.29, 1.82) is 0 Å². The molecule has 1 aliphatic rings. The van der Waals surface area contributed by atoms with Gasteiger partial charge in [-0.25, -0.2) is 0 Å². The number of aliphatic imine (C=N–C) groups is 1. The summed E-state index contributed by atoms with van der Waals surface area (Å²) < 4.78 is 1.94. The summed E-state index contributed by atoms with van der Waals surface area (Å²) in [7, 11) is 0. The summed E-state index contributed by atoms with van der Waals surface area (Å²) in [6.07, 6.45) is 5.09. The number of nitrogens with one attached hydrogen (secondary N) is 1. The van der Waals surface area contributed by atoms with Gasteiger partial charge in [0.2, 0.25) is 0 Å². The maximum atomic E-state index is 4.53. The van der Waals surface area contributed by atoms with Crippen LogP contribution < -0.4 is 5.32 Å². The van der Waals surface area contributed by atoms with Crippen LogP contribution in [0.25, 0.3) is 0 Å². The third-order valence-corrected chi connectivity index (χ3v) is 3.68. The highest BCUT2D eigenvalue weighted by Gasteiger charge is 2.17. The molecular formula is C11H18N4S. The van der Waals surface area contributed by atoms with Crippen LogP contribution in [-0.2, 0) is 6.54 Å². The second-order valence-electron chi connectivity index (χ2n) is 4.03. The van der Waals surface area contributed by atoms with Crippen molar-refractivity contribution in [3.8, 4) is 0 Å². The SMILES string of the molecule is CCC1CSC(=NCCn2cc(C)cn2)N1. The zero-order valence-corrected chi connectivity index (χ0v) is 10.6. The molecule has 2 heterocycles. The average Bonchev–Trinajstić information content (AvgIpc) is 2.88. The molecule has 0 spiro atoms. The maximum Gasteiger partial charge on any atom is 0.156 e. The minimum atomic E-state index is 0.607. The van der Waals surface area contributed by atoms with Crippen LogP contribution in [0, 0.1) is 6.92 Å². The highest BCUT2D eigenvalue weighted by Crippen LogP contribution is 2.15. The van der Waals surface area contributed by atoms with E-state index in [4.69, 9.17) is 0 Å². The number of aromatic nitrogens is 2. The van der Waals surface area contributed by atoms with Gasteiger partial charge in [-0.3, -0.25) is 9.67 Å². The first-order valence-corrected chi connectivity index (χ1v) is 6.69. The molecule has 88 valence electrons. The minimum Gasteiger partial charge on any atom is -0.361 e. The van der Waals surface area contributed by atoms with Gasteiger partial charge in [0.25, 0.3) is 0 Å². The lowest BCUT2D eigenvalue weighted by atomic mass is 10.3. The quantitative estimate of drug-likeness (QED) is 0.867. The molecule has 1 saturated heterocycles. The van der Waals surface area contributed by atoms with Crippen molar-refractivity contribution >= 4 is 16.9 Å². The Balaban J connectivity index is 1.77. The van der Waals surface area contributed by atoms with Gasteiger partial charge in [0, 0.05) is 18.0 Å². The van der Waals surface area contributed by atoms with Gasteiger partial charge >= 0.3 is 0 Å². The summed E-state index contributed by atoms with van der Waals surface area (Å²) >= 11 is 1.82. The van der Waals surface area contributed by atoms with E-state index in [2.05, 4.69) is 29.3 Å². The first-order chi connectivity index (χ1) is 7.78. The second kappa shape index (κ2) is 5.39. The van der Waals surface area contributed by atoms with Crippen molar-refractivity contribution < 1.29 is 0 Å². The van der Waals surface area contributed by atoms with E-state index >= 15 is 0 Å². The molecule has 2 rings (SSSR count). The molecule has 0 aliphatic carbocycles. The van der Waals surface area contributed by atoms with Gasteiger partial charge in [0.15, 0.2) is 5.17 Å². The van der Waals surface area contributed by atoms with E-state index < -0.39 is 0 Å². The number of amidine groups is 1. The maximum absolute atomic E-state index is 4.53. The van der Waals surface area contributed by atoms with E-state index in [0.717, 1.165) is 24.0 Å².